The predicted molar refractivity (Wildman–Crippen MR) is 86.4 cm³/mol. The van der Waals surface area contributed by atoms with Crippen LogP contribution < -0.4 is 0 Å². The van der Waals surface area contributed by atoms with E-state index in [2.05, 4.69) is 22.3 Å². The van der Waals surface area contributed by atoms with Gasteiger partial charge >= 0.3 is 0 Å². The van der Waals surface area contributed by atoms with Crippen molar-refractivity contribution in [3.8, 4) is 0 Å². The lowest BCUT2D eigenvalue weighted by Crippen LogP contribution is -2.47. The van der Waals surface area contributed by atoms with E-state index in [1.807, 2.05) is 18.2 Å². The second-order valence-corrected chi connectivity index (χ2v) is 7.75. The second kappa shape index (κ2) is 6.82. The van der Waals surface area contributed by atoms with E-state index in [1.165, 1.54) is 18.0 Å². The number of aromatic nitrogens is 2. The van der Waals surface area contributed by atoms with E-state index in [1.54, 1.807) is 11.4 Å². The van der Waals surface area contributed by atoms with Crippen molar-refractivity contribution in [2.75, 3.05) is 20.2 Å². The Morgan fingerprint density at radius 3 is 2.78 bits per heavy atom. The molecule has 0 aliphatic carbocycles. The van der Waals surface area contributed by atoms with Gasteiger partial charge in [0.15, 0.2) is 0 Å². The summed E-state index contributed by atoms with van der Waals surface area (Å²) >= 11 is 0. The van der Waals surface area contributed by atoms with Crippen molar-refractivity contribution in [3.05, 3.63) is 48.3 Å². The van der Waals surface area contributed by atoms with Crippen molar-refractivity contribution in [2.45, 2.75) is 23.8 Å². The zero-order chi connectivity index (χ0) is 16.3. The summed E-state index contributed by atoms with van der Waals surface area (Å²) in [6.45, 7) is 0.929. The highest BCUT2D eigenvalue weighted by Gasteiger charge is 2.36. The van der Waals surface area contributed by atoms with Gasteiger partial charge in [-0.2, -0.15) is 9.40 Å². The van der Waals surface area contributed by atoms with Crippen LogP contribution in [0.5, 0.6) is 0 Å². The van der Waals surface area contributed by atoms with Gasteiger partial charge in [-0.25, -0.2) is 8.42 Å². The highest BCUT2D eigenvalue weighted by Crippen LogP contribution is 2.27. The Morgan fingerprint density at radius 1 is 1.35 bits per heavy atom. The molecule has 2 atom stereocenters. The number of benzene rings is 1. The van der Waals surface area contributed by atoms with Crippen LogP contribution in [0.4, 0.5) is 0 Å². The van der Waals surface area contributed by atoms with Crippen molar-refractivity contribution in [3.63, 3.8) is 0 Å². The molecule has 0 saturated carbocycles. The monoisotopic (exact) mass is 335 g/mol. The Kier molecular flexibility index (Phi) is 4.79. The van der Waals surface area contributed by atoms with E-state index in [0.29, 0.717) is 19.5 Å². The standard InChI is InChI=1S/C16H21N3O3S/c1-22-16-7-8-19(23(20,21)15-10-17-18-11-15)12-14(16)9-13-5-3-2-4-6-13/h2-6,10-11,14,16H,7-9,12H2,1H3,(H,17,18)/t14-,16-/m1/s1. The maximum Gasteiger partial charge on any atom is 0.246 e. The number of methoxy groups -OCH3 is 1. The number of rotatable bonds is 5. The molecule has 0 unspecified atom stereocenters. The number of sulfonamides is 1. The van der Waals surface area contributed by atoms with Gasteiger partial charge in [0.05, 0.1) is 12.3 Å². The van der Waals surface area contributed by atoms with E-state index >= 15 is 0 Å². The number of piperidine rings is 1. The van der Waals surface area contributed by atoms with E-state index < -0.39 is 10.0 Å². The molecular weight excluding hydrogens is 314 g/mol. The van der Waals surface area contributed by atoms with Crippen molar-refractivity contribution < 1.29 is 13.2 Å². The first-order valence-electron chi connectivity index (χ1n) is 7.67. The van der Waals surface area contributed by atoms with E-state index in [-0.39, 0.29) is 16.9 Å². The smallest absolute Gasteiger partial charge is 0.246 e. The van der Waals surface area contributed by atoms with Gasteiger partial charge in [0.1, 0.15) is 4.90 Å². The molecule has 124 valence electrons. The third kappa shape index (κ3) is 3.46. The average molecular weight is 335 g/mol. The summed E-state index contributed by atoms with van der Waals surface area (Å²) in [6.07, 6.45) is 4.35. The van der Waals surface area contributed by atoms with Crippen LogP contribution in [0.2, 0.25) is 0 Å². The lowest BCUT2D eigenvalue weighted by Gasteiger charge is -2.37. The lowest BCUT2D eigenvalue weighted by atomic mass is 9.89. The third-order valence-electron chi connectivity index (χ3n) is 4.38. The lowest BCUT2D eigenvalue weighted by molar-refractivity contribution is 0.0131. The molecule has 7 heteroatoms. The summed E-state index contributed by atoms with van der Waals surface area (Å²) in [5.41, 5.74) is 1.20. The van der Waals surface area contributed by atoms with Crippen LogP contribution >= 0.6 is 0 Å². The highest BCUT2D eigenvalue weighted by molar-refractivity contribution is 7.89. The minimum atomic E-state index is -3.49. The topological polar surface area (TPSA) is 75.3 Å². The van der Waals surface area contributed by atoms with Crippen LogP contribution in [0.1, 0.15) is 12.0 Å². The maximum atomic E-state index is 12.7. The molecule has 1 aromatic carbocycles. The number of nitrogens with one attached hydrogen (secondary N) is 1. The maximum absolute atomic E-state index is 12.7. The van der Waals surface area contributed by atoms with E-state index in [9.17, 15) is 8.42 Å². The van der Waals surface area contributed by atoms with Gasteiger partial charge in [0.25, 0.3) is 0 Å². The molecule has 2 heterocycles. The normalized spacial score (nSPS) is 23.0. The van der Waals surface area contributed by atoms with Crippen molar-refractivity contribution >= 4 is 10.0 Å². The van der Waals surface area contributed by atoms with Crippen LogP contribution in [0.3, 0.4) is 0 Å². The number of nitrogens with zero attached hydrogens (tertiary/aromatic N) is 2. The minimum Gasteiger partial charge on any atom is -0.381 e. The number of hydrogen-bond acceptors (Lipinski definition) is 4. The molecule has 3 rings (SSSR count). The largest absolute Gasteiger partial charge is 0.381 e. The van der Waals surface area contributed by atoms with E-state index in [4.69, 9.17) is 4.74 Å². The first kappa shape index (κ1) is 16.2. The summed E-state index contributed by atoms with van der Waals surface area (Å²) in [6, 6.07) is 10.1. The molecular formula is C16H21N3O3S. The van der Waals surface area contributed by atoms with Gasteiger partial charge in [-0.3, -0.25) is 5.10 Å². The summed E-state index contributed by atoms with van der Waals surface area (Å²) in [5.74, 6) is 0.137. The van der Waals surface area contributed by atoms with Crippen molar-refractivity contribution in [2.24, 2.45) is 5.92 Å². The second-order valence-electron chi connectivity index (χ2n) is 5.81. The molecule has 0 spiro atoms. The number of H-pyrrole nitrogens is 1. The highest BCUT2D eigenvalue weighted by atomic mass is 32.2. The summed E-state index contributed by atoms with van der Waals surface area (Å²) in [7, 11) is -1.79. The number of ether oxygens (including phenoxy) is 1. The molecule has 6 nitrogen and oxygen atoms in total. The van der Waals surface area contributed by atoms with Crippen molar-refractivity contribution in [1.82, 2.24) is 14.5 Å². The van der Waals surface area contributed by atoms with Crippen LogP contribution in [0.15, 0.2) is 47.6 Å². The van der Waals surface area contributed by atoms with Gasteiger partial charge in [0, 0.05) is 32.3 Å². The molecule has 23 heavy (non-hydrogen) atoms. The van der Waals surface area contributed by atoms with Crippen LogP contribution in [0, 0.1) is 5.92 Å². The number of hydrogen-bond donors (Lipinski definition) is 1. The average Bonchev–Trinajstić information content (AvgIpc) is 3.11. The molecule has 1 aliphatic rings. The van der Waals surface area contributed by atoms with Gasteiger partial charge in [0.2, 0.25) is 10.0 Å². The van der Waals surface area contributed by atoms with Crippen LogP contribution in [0.25, 0.3) is 0 Å². The molecule has 0 amide bonds. The molecule has 1 aromatic heterocycles. The fraction of sp³-hybridized carbons (Fsp3) is 0.438. The SMILES string of the molecule is CO[C@@H]1CCN(S(=O)(=O)c2cn[nH]c2)C[C@H]1Cc1ccccc1. The zero-order valence-electron chi connectivity index (χ0n) is 13.1. The quantitative estimate of drug-likeness (QED) is 0.902. The first-order valence-corrected chi connectivity index (χ1v) is 9.11. The van der Waals surface area contributed by atoms with Gasteiger partial charge in [-0.15, -0.1) is 0 Å². The fourth-order valence-electron chi connectivity index (χ4n) is 3.15. The Hall–Kier alpha value is -1.70. The molecule has 1 N–H and O–H groups in total. The first-order chi connectivity index (χ1) is 11.1. The summed E-state index contributed by atoms with van der Waals surface area (Å²) in [4.78, 5) is 0.215. The summed E-state index contributed by atoms with van der Waals surface area (Å²) < 4.78 is 32.5. The van der Waals surface area contributed by atoms with Gasteiger partial charge in [-0.05, 0) is 18.4 Å². The Labute approximate surface area is 136 Å². The molecule has 0 radical (unpaired) electrons. The van der Waals surface area contributed by atoms with Crippen LogP contribution in [-0.2, 0) is 21.2 Å². The molecule has 1 aliphatic heterocycles. The number of aromatic amines is 1. The van der Waals surface area contributed by atoms with Crippen molar-refractivity contribution in [1.29, 1.82) is 0 Å². The molecule has 1 saturated heterocycles. The molecule has 1 fully saturated rings. The minimum absolute atomic E-state index is 0.0750. The van der Waals surface area contributed by atoms with E-state index in [0.717, 1.165) is 6.42 Å². The third-order valence-corrected chi connectivity index (χ3v) is 6.21. The summed E-state index contributed by atoms with van der Waals surface area (Å²) in [5, 5.41) is 6.31. The zero-order valence-corrected chi connectivity index (χ0v) is 13.9. The van der Waals surface area contributed by atoms with Crippen LogP contribution in [-0.4, -0.2) is 49.2 Å². The fourth-order valence-corrected chi connectivity index (χ4v) is 4.57. The van der Waals surface area contributed by atoms with Gasteiger partial charge in [-0.1, -0.05) is 30.3 Å². The molecule has 0 bridgehead atoms. The Morgan fingerprint density at radius 2 is 2.13 bits per heavy atom. The Balaban J connectivity index is 1.78. The van der Waals surface area contributed by atoms with Gasteiger partial charge < -0.3 is 4.74 Å². The Bertz CT molecular complexity index is 716. The predicted octanol–water partition coefficient (Wildman–Crippen LogP) is 1.68. The molecule has 2 aromatic rings.